The molecule has 0 saturated heterocycles. The summed E-state index contributed by atoms with van der Waals surface area (Å²) in [4.78, 5) is 22.1. The summed E-state index contributed by atoms with van der Waals surface area (Å²) in [5, 5.41) is 22.1. The van der Waals surface area contributed by atoms with Crippen LogP contribution in [0.15, 0.2) is 0 Å². The molecule has 0 heterocycles. The number of carbonyl (C=O) groups excluding carboxylic acids is 2. The lowest BCUT2D eigenvalue weighted by atomic mass is 9.89. The Kier molecular flexibility index (Phi) is 16.2. The quantitative estimate of drug-likeness (QED) is 0.288. The van der Waals surface area contributed by atoms with Crippen LogP contribution in [0.25, 0.3) is 0 Å². The zero-order valence-corrected chi connectivity index (χ0v) is 17.0. The molecular weight excluding hydrogens is 352 g/mol. The number of rotatable bonds is 20. The van der Waals surface area contributed by atoms with E-state index in [2.05, 4.69) is 13.8 Å². The molecule has 0 aromatic carbocycles. The summed E-state index contributed by atoms with van der Waals surface area (Å²) in [6.07, 6.45) is 8.80. The third-order valence-electron chi connectivity index (χ3n) is 4.44. The van der Waals surface area contributed by atoms with Crippen LogP contribution < -0.4 is 10.2 Å². The van der Waals surface area contributed by atoms with E-state index in [-0.39, 0.29) is 26.4 Å². The normalized spacial score (nSPS) is 11.6. The molecule has 0 aliphatic heterocycles. The molecule has 0 atom stereocenters. The molecule has 0 unspecified atom stereocenters. The Morgan fingerprint density at radius 1 is 0.741 bits per heavy atom. The minimum atomic E-state index is -1.27. The van der Waals surface area contributed by atoms with E-state index in [1.807, 2.05) is 0 Å². The van der Waals surface area contributed by atoms with E-state index in [1.165, 1.54) is 0 Å². The van der Waals surface area contributed by atoms with Crippen LogP contribution in [0.3, 0.4) is 0 Å². The molecule has 160 valence electrons. The SMILES string of the molecule is CCCCCCC(CCCCCC)(OCCOCCOCC(=O)[O-])C(=O)[O-]. The van der Waals surface area contributed by atoms with Gasteiger partial charge in [-0.05, 0) is 12.8 Å². The van der Waals surface area contributed by atoms with Gasteiger partial charge in [-0.1, -0.05) is 65.2 Å². The van der Waals surface area contributed by atoms with Gasteiger partial charge in [-0.3, -0.25) is 0 Å². The van der Waals surface area contributed by atoms with Crippen molar-refractivity contribution in [3.8, 4) is 0 Å². The summed E-state index contributed by atoms with van der Waals surface area (Å²) < 4.78 is 15.9. The lowest BCUT2D eigenvalue weighted by Gasteiger charge is -2.35. The maximum absolute atomic E-state index is 11.9. The lowest BCUT2D eigenvalue weighted by Crippen LogP contribution is -2.51. The van der Waals surface area contributed by atoms with Gasteiger partial charge in [0.1, 0.15) is 5.60 Å². The van der Waals surface area contributed by atoms with Gasteiger partial charge in [0.25, 0.3) is 0 Å². The number of aliphatic carboxylic acids is 2. The molecule has 0 spiro atoms. The summed E-state index contributed by atoms with van der Waals surface area (Å²) in [7, 11) is 0. The summed E-state index contributed by atoms with van der Waals surface area (Å²) in [5.74, 6) is -2.42. The molecule has 0 aromatic rings. The molecule has 0 rings (SSSR count). The number of hydrogen-bond acceptors (Lipinski definition) is 7. The first-order valence-corrected chi connectivity index (χ1v) is 10.2. The fraction of sp³-hybridized carbons (Fsp3) is 0.900. The van der Waals surface area contributed by atoms with E-state index in [0.29, 0.717) is 12.8 Å². The minimum Gasteiger partial charge on any atom is -0.548 e. The zero-order chi connectivity index (χ0) is 20.4. The second-order valence-corrected chi connectivity index (χ2v) is 6.79. The summed E-state index contributed by atoms with van der Waals surface area (Å²) in [6, 6.07) is 0. The topological polar surface area (TPSA) is 108 Å². The molecule has 27 heavy (non-hydrogen) atoms. The number of carbonyl (C=O) groups is 2. The van der Waals surface area contributed by atoms with Crippen LogP contribution in [-0.4, -0.2) is 50.6 Å². The Morgan fingerprint density at radius 2 is 1.26 bits per heavy atom. The smallest absolute Gasteiger partial charge is 0.107 e. The van der Waals surface area contributed by atoms with Crippen LogP contribution in [0.2, 0.25) is 0 Å². The third kappa shape index (κ3) is 13.6. The van der Waals surface area contributed by atoms with Crippen molar-refractivity contribution in [2.75, 3.05) is 33.0 Å². The molecule has 0 N–H and O–H groups in total. The van der Waals surface area contributed by atoms with Crippen LogP contribution in [-0.2, 0) is 23.8 Å². The maximum atomic E-state index is 11.9. The number of ether oxygens (including phenoxy) is 3. The van der Waals surface area contributed by atoms with Crippen molar-refractivity contribution in [1.82, 2.24) is 0 Å². The van der Waals surface area contributed by atoms with Gasteiger partial charge >= 0.3 is 0 Å². The van der Waals surface area contributed by atoms with Gasteiger partial charge in [0.05, 0.1) is 45.0 Å². The fourth-order valence-corrected chi connectivity index (χ4v) is 2.88. The van der Waals surface area contributed by atoms with Crippen molar-refractivity contribution in [3.63, 3.8) is 0 Å². The summed E-state index contributed by atoms with van der Waals surface area (Å²) in [6.45, 7) is 4.46. The Morgan fingerprint density at radius 3 is 1.74 bits per heavy atom. The fourth-order valence-electron chi connectivity index (χ4n) is 2.88. The van der Waals surface area contributed by atoms with Crippen LogP contribution >= 0.6 is 0 Å². The zero-order valence-electron chi connectivity index (χ0n) is 17.0. The van der Waals surface area contributed by atoms with Crippen molar-refractivity contribution < 1.29 is 34.0 Å². The predicted molar refractivity (Wildman–Crippen MR) is 97.9 cm³/mol. The molecule has 0 aromatic heterocycles. The Labute approximate surface area is 163 Å². The molecule has 7 nitrogen and oxygen atoms in total. The van der Waals surface area contributed by atoms with Crippen LogP contribution in [0, 0.1) is 0 Å². The average Bonchev–Trinajstić information content (AvgIpc) is 2.63. The van der Waals surface area contributed by atoms with Crippen molar-refractivity contribution >= 4 is 11.9 Å². The number of unbranched alkanes of at least 4 members (excludes halogenated alkanes) is 6. The van der Waals surface area contributed by atoms with E-state index in [4.69, 9.17) is 14.2 Å². The molecular formula is C20H36O7-2. The molecule has 7 heteroatoms. The Hall–Kier alpha value is -1.18. The second-order valence-electron chi connectivity index (χ2n) is 6.79. The Bertz CT molecular complexity index is 373. The Balaban J connectivity index is 4.35. The van der Waals surface area contributed by atoms with Crippen molar-refractivity contribution in [3.05, 3.63) is 0 Å². The number of carboxylic acids is 2. The van der Waals surface area contributed by atoms with Gasteiger partial charge in [0.2, 0.25) is 0 Å². The van der Waals surface area contributed by atoms with E-state index in [1.54, 1.807) is 0 Å². The minimum absolute atomic E-state index is 0.133. The highest BCUT2D eigenvalue weighted by Crippen LogP contribution is 2.27. The highest BCUT2D eigenvalue weighted by molar-refractivity contribution is 5.75. The van der Waals surface area contributed by atoms with Gasteiger partial charge in [-0.25, -0.2) is 0 Å². The first kappa shape index (κ1) is 25.8. The van der Waals surface area contributed by atoms with E-state index in [0.717, 1.165) is 51.4 Å². The third-order valence-corrected chi connectivity index (χ3v) is 4.44. The lowest BCUT2D eigenvalue weighted by molar-refractivity contribution is -0.329. The molecule has 0 saturated carbocycles. The van der Waals surface area contributed by atoms with Gasteiger partial charge in [0, 0.05) is 0 Å². The number of hydrogen-bond donors (Lipinski definition) is 0. The summed E-state index contributed by atoms with van der Waals surface area (Å²) in [5.41, 5.74) is -1.25. The van der Waals surface area contributed by atoms with Crippen molar-refractivity contribution in [1.29, 1.82) is 0 Å². The van der Waals surface area contributed by atoms with E-state index >= 15 is 0 Å². The van der Waals surface area contributed by atoms with E-state index < -0.39 is 24.1 Å². The second kappa shape index (κ2) is 17.0. The van der Waals surface area contributed by atoms with Gasteiger partial charge in [-0.15, -0.1) is 0 Å². The molecule has 0 fully saturated rings. The van der Waals surface area contributed by atoms with Crippen molar-refractivity contribution in [2.24, 2.45) is 0 Å². The molecule has 0 aliphatic rings. The van der Waals surface area contributed by atoms with E-state index in [9.17, 15) is 19.8 Å². The first-order valence-electron chi connectivity index (χ1n) is 10.2. The monoisotopic (exact) mass is 388 g/mol. The van der Waals surface area contributed by atoms with Gasteiger partial charge < -0.3 is 34.0 Å². The molecule has 0 aliphatic carbocycles. The first-order chi connectivity index (χ1) is 13.0. The standard InChI is InChI=1S/C20H38O7/c1-3-5-7-9-11-20(19(23)24,12-10-8-6-4-2)27-16-15-25-13-14-26-17-18(21)22/h3-17H2,1-2H3,(H,21,22)(H,23,24)/p-2. The highest BCUT2D eigenvalue weighted by atomic mass is 16.6. The largest absolute Gasteiger partial charge is 0.548 e. The van der Waals surface area contributed by atoms with Crippen molar-refractivity contribution in [2.45, 2.75) is 83.7 Å². The van der Waals surface area contributed by atoms with Crippen LogP contribution in [0.1, 0.15) is 78.1 Å². The van der Waals surface area contributed by atoms with Gasteiger partial charge in [-0.2, -0.15) is 0 Å². The summed E-state index contributed by atoms with van der Waals surface area (Å²) >= 11 is 0. The van der Waals surface area contributed by atoms with Crippen LogP contribution in [0.5, 0.6) is 0 Å². The van der Waals surface area contributed by atoms with Gasteiger partial charge in [0.15, 0.2) is 0 Å². The maximum Gasteiger partial charge on any atom is 0.107 e. The predicted octanol–water partition coefficient (Wildman–Crippen LogP) is 1.22. The number of carboxylic acid groups (broad SMARTS) is 2. The molecule has 0 radical (unpaired) electrons. The average molecular weight is 389 g/mol. The molecule has 0 amide bonds. The molecule has 0 bridgehead atoms. The highest BCUT2D eigenvalue weighted by Gasteiger charge is 2.31. The van der Waals surface area contributed by atoms with Crippen LogP contribution in [0.4, 0.5) is 0 Å².